The molecule has 1 unspecified atom stereocenters. The van der Waals surface area contributed by atoms with Crippen LogP contribution in [0.2, 0.25) is 0 Å². The molecule has 0 radical (unpaired) electrons. The van der Waals surface area contributed by atoms with Crippen molar-refractivity contribution < 1.29 is 14.0 Å². The number of amides is 2. The van der Waals surface area contributed by atoms with Gasteiger partial charge in [-0.15, -0.1) is 0 Å². The Hall–Kier alpha value is -2.68. The zero-order valence-corrected chi connectivity index (χ0v) is 12.3. The largest absolute Gasteiger partial charge is 0.324 e. The number of carbonyl (C=O) groups is 2. The molecule has 0 spiro atoms. The van der Waals surface area contributed by atoms with Crippen molar-refractivity contribution in [2.24, 2.45) is 0 Å². The number of halogens is 1. The summed E-state index contributed by atoms with van der Waals surface area (Å²) in [4.78, 5) is 27.4. The van der Waals surface area contributed by atoms with Gasteiger partial charge >= 0.3 is 6.03 Å². The van der Waals surface area contributed by atoms with Gasteiger partial charge < -0.3 is 9.80 Å². The van der Waals surface area contributed by atoms with Crippen LogP contribution >= 0.6 is 0 Å². The number of Topliss-reactive ketones (excluding diaryl/α,β-unsaturated/α-hetero) is 1. The fourth-order valence-electron chi connectivity index (χ4n) is 3.16. The number of ketones is 1. The van der Waals surface area contributed by atoms with Crippen LogP contribution in [0.1, 0.15) is 30.0 Å². The Bertz CT molecular complexity index is 763. The zero-order valence-electron chi connectivity index (χ0n) is 12.3. The van der Waals surface area contributed by atoms with Crippen LogP contribution in [-0.4, -0.2) is 35.7 Å². The molecule has 2 aliphatic rings. The van der Waals surface area contributed by atoms with E-state index < -0.39 is 11.9 Å². The summed E-state index contributed by atoms with van der Waals surface area (Å²) < 4.78 is 14.4. The topological polar surface area (TPSA) is 64.4 Å². The maximum absolute atomic E-state index is 14.4. The number of benzene rings is 1. The fraction of sp³-hybridized carbons (Fsp3) is 0.312. The second-order valence-electron chi connectivity index (χ2n) is 5.49. The van der Waals surface area contributed by atoms with Gasteiger partial charge in [-0.25, -0.2) is 9.18 Å². The van der Waals surface area contributed by atoms with Crippen LogP contribution in [0, 0.1) is 17.1 Å². The summed E-state index contributed by atoms with van der Waals surface area (Å²) in [5, 5.41) is 8.83. The third-order valence-corrected chi connectivity index (χ3v) is 4.28. The van der Waals surface area contributed by atoms with Gasteiger partial charge in [-0.05, 0) is 18.6 Å². The molecule has 1 aliphatic heterocycles. The summed E-state index contributed by atoms with van der Waals surface area (Å²) in [5.74, 6) is -0.644. The van der Waals surface area contributed by atoms with Crippen LogP contribution in [0.5, 0.6) is 0 Å². The summed E-state index contributed by atoms with van der Waals surface area (Å²) in [6.45, 7) is 0. The van der Waals surface area contributed by atoms with Crippen LogP contribution < -0.4 is 0 Å². The van der Waals surface area contributed by atoms with Crippen molar-refractivity contribution in [2.75, 3.05) is 14.1 Å². The molecule has 0 saturated carbocycles. The van der Waals surface area contributed by atoms with Crippen molar-refractivity contribution in [1.82, 2.24) is 9.80 Å². The second-order valence-corrected chi connectivity index (χ2v) is 5.49. The Morgan fingerprint density at radius 2 is 2.00 bits per heavy atom. The van der Waals surface area contributed by atoms with Crippen LogP contribution in [0.25, 0.3) is 0 Å². The number of hydrogen-bond donors (Lipinski definition) is 0. The molecule has 1 atom stereocenters. The van der Waals surface area contributed by atoms with E-state index in [0.29, 0.717) is 24.1 Å². The number of hydrogen-bond acceptors (Lipinski definition) is 3. The molecule has 22 heavy (non-hydrogen) atoms. The van der Waals surface area contributed by atoms with Gasteiger partial charge in [-0.3, -0.25) is 4.79 Å². The normalized spacial score (nSPS) is 21.3. The molecule has 112 valence electrons. The van der Waals surface area contributed by atoms with Gasteiger partial charge in [-0.2, -0.15) is 5.26 Å². The van der Waals surface area contributed by atoms with E-state index in [-0.39, 0.29) is 22.9 Å². The Morgan fingerprint density at radius 1 is 1.27 bits per heavy atom. The highest BCUT2D eigenvalue weighted by atomic mass is 19.1. The Kier molecular flexibility index (Phi) is 3.21. The first kappa shape index (κ1) is 14.3. The third-order valence-electron chi connectivity index (χ3n) is 4.28. The summed E-state index contributed by atoms with van der Waals surface area (Å²) in [6.07, 6.45) is 0.836. The molecule has 6 heteroatoms. The van der Waals surface area contributed by atoms with Gasteiger partial charge in [0.25, 0.3) is 0 Å². The van der Waals surface area contributed by atoms with E-state index in [9.17, 15) is 14.0 Å². The lowest BCUT2D eigenvalue weighted by Crippen LogP contribution is -2.46. The number of carbonyl (C=O) groups excluding carboxylic acids is 2. The highest BCUT2D eigenvalue weighted by Gasteiger charge is 2.43. The highest BCUT2D eigenvalue weighted by Crippen LogP contribution is 2.42. The van der Waals surface area contributed by atoms with Crippen molar-refractivity contribution in [1.29, 1.82) is 5.26 Å². The minimum Gasteiger partial charge on any atom is -0.316 e. The number of allylic oxidation sites excluding steroid dienone is 1. The molecule has 5 nitrogen and oxygen atoms in total. The first-order chi connectivity index (χ1) is 10.5. The van der Waals surface area contributed by atoms with E-state index in [2.05, 4.69) is 0 Å². The van der Waals surface area contributed by atoms with Gasteiger partial charge in [0.05, 0.1) is 17.7 Å². The molecule has 1 aromatic rings. The number of nitriles is 1. The van der Waals surface area contributed by atoms with E-state index in [1.165, 1.54) is 21.9 Å². The van der Waals surface area contributed by atoms with Crippen molar-refractivity contribution in [3.8, 4) is 6.07 Å². The number of likely N-dealkylation sites (N-methyl/N-ethyl adjacent to an activating group) is 1. The minimum absolute atomic E-state index is 0.0602. The third kappa shape index (κ3) is 1.90. The Morgan fingerprint density at radius 3 is 2.64 bits per heavy atom. The average molecular weight is 299 g/mol. The maximum Gasteiger partial charge on any atom is 0.324 e. The molecule has 0 N–H and O–H groups in total. The predicted molar refractivity (Wildman–Crippen MR) is 76.0 cm³/mol. The molecule has 2 amide bonds. The van der Waals surface area contributed by atoms with Gasteiger partial charge in [-0.1, -0.05) is 6.07 Å². The van der Waals surface area contributed by atoms with Gasteiger partial charge in [0.15, 0.2) is 5.78 Å². The predicted octanol–water partition coefficient (Wildman–Crippen LogP) is 2.35. The van der Waals surface area contributed by atoms with Crippen molar-refractivity contribution in [3.05, 3.63) is 46.4 Å². The molecule has 0 saturated heterocycles. The zero-order chi connectivity index (χ0) is 16.0. The smallest absolute Gasteiger partial charge is 0.316 e. The monoisotopic (exact) mass is 299 g/mol. The Balaban J connectivity index is 2.18. The molecule has 1 heterocycles. The molecular weight excluding hydrogens is 285 g/mol. The number of rotatable bonds is 1. The standard InChI is InChI=1S/C16H14FN3O2/c1-19-12-5-6-13(21)14(12)15(20(2)16(19)22)10-4-3-9(8-18)7-11(10)17/h3-4,7,15H,5-6H2,1-2H3. The molecule has 0 fully saturated rings. The molecular formula is C16H14FN3O2. The maximum atomic E-state index is 14.4. The first-order valence-electron chi connectivity index (χ1n) is 6.92. The van der Waals surface area contributed by atoms with Crippen molar-refractivity contribution >= 4 is 11.8 Å². The molecule has 1 aromatic carbocycles. The molecule has 3 rings (SSSR count). The second kappa shape index (κ2) is 4.95. The van der Waals surface area contributed by atoms with Crippen LogP contribution in [0.3, 0.4) is 0 Å². The lowest BCUT2D eigenvalue weighted by Gasteiger charge is -2.38. The van der Waals surface area contributed by atoms with Crippen LogP contribution in [0.4, 0.5) is 9.18 Å². The van der Waals surface area contributed by atoms with E-state index >= 15 is 0 Å². The summed E-state index contributed by atoms with van der Waals surface area (Å²) in [6, 6.07) is 4.96. The van der Waals surface area contributed by atoms with Gasteiger partial charge in [0.2, 0.25) is 0 Å². The average Bonchev–Trinajstić information content (AvgIpc) is 2.88. The fourth-order valence-corrected chi connectivity index (χ4v) is 3.16. The highest BCUT2D eigenvalue weighted by molar-refractivity contribution is 6.02. The quantitative estimate of drug-likeness (QED) is 0.799. The van der Waals surface area contributed by atoms with E-state index in [1.807, 2.05) is 6.07 Å². The molecule has 0 bridgehead atoms. The first-order valence-corrected chi connectivity index (χ1v) is 6.92. The summed E-state index contributed by atoms with van der Waals surface area (Å²) in [5.41, 5.74) is 1.59. The van der Waals surface area contributed by atoms with Crippen LogP contribution in [-0.2, 0) is 4.79 Å². The van der Waals surface area contributed by atoms with E-state index in [1.54, 1.807) is 14.1 Å². The number of nitrogens with zero attached hydrogens (tertiary/aromatic N) is 3. The lowest BCUT2D eigenvalue weighted by molar-refractivity contribution is -0.115. The van der Waals surface area contributed by atoms with Crippen LogP contribution in [0.15, 0.2) is 29.5 Å². The molecule has 0 aromatic heterocycles. The molecule has 1 aliphatic carbocycles. The van der Waals surface area contributed by atoms with E-state index in [4.69, 9.17) is 5.26 Å². The minimum atomic E-state index is -0.735. The summed E-state index contributed by atoms with van der Waals surface area (Å²) in [7, 11) is 3.18. The van der Waals surface area contributed by atoms with Gasteiger partial charge in [0.1, 0.15) is 5.82 Å². The lowest BCUT2D eigenvalue weighted by atomic mass is 9.92. The van der Waals surface area contributed by atoms with Crippen molar-refractivity contribution in [3.63, 3.8) is 0 Å². The van der Waals surface area contributed by atoms with Crippen molar-refractivity contribution in [2.45, 2.75) is 18.9 Å². The number of urea groups is 1. The Labute approximate surface area is 127 Å². The SMILES string of the molecule is CN1C(=O)N(C)C(c2ccc(C#N)cc2F)C2=C1CCC2=O. The summed E-state index contributed by atoms with van der Waals surface area (Å²) >= 11 is 0. The van der Waals surface area contributed by atoms with Gasteiger partial charge in [0, 0.05) is 37.3 Å². The van der Waals surface area contributed by atoms with E-state index in [0.717, 1.165) is 6.07 Å².